The van der Waals surface area contributed by atoms with Gasteiger partial charge in [-0.1, -0.05) is 0 Å². The lowest BCUT2D eigenvalue weighted by Crippen LogP contribution is -2.35. The van der Waals surface area contributed by atoms with Gasteiger partial charge in [-0.2, -0.15) is 4.31 Å². The highest BCUT2D eigenvalue weighted by Crippen LogP contribution is 2.30. The Bertz CT molecular complexity index is 619. The lowest BCUT2D eigenvalue weighted by Gasteiger charge is -2.21. The van der Waals surface area contributed by atoms with Crippen LogP contribution in [0.2, 0.25) is 0 Å². The summed E-state index contributed by atoms with van der Waals surface area (Å²) in [6, 6.07) is 4.09. The molecule has 1 saturated carbocycles. The summed E-state index contributed by atoms with van der Waals surface area (Å²) in [7, 11) is -1.94. The zero-order chi connectivity index (χ0) is 15.8. The Morgan fingerprint density at radius 3 is 2.48 bits per heavy atom. The van der Waals surface area contributed by atoms with Crippen molar-refractivity contribution in [2.24, 2.45) is 0 Å². The van der Waals surface area contributed by atoms with Gasteiger partial charge in [-0.3, -0.25) is 0 Å². The van der Waals surface area contributed by atoms with Crippen molar-refractivity contribution in [1.82, 2.24) is 9.62 Å². The van der Waals surface area contributed by atoms with Crippen LogP contribution in [0.4, 0.5) is 4.39 Å². The van der Waals surface area contributed by atoms with Gasteiger partial charge in [-0.15, -0.1) is 0 Å². The second-order valence-electron chi connectivity index (χ2n) is 6.61. The second kappa shape index (κ2) is 5.66. The minimum absolute atomic E-state index is 0.0937. The molecule has 0 atom stereocenters. The molecule has 4 nitrogen and oxygen atoms in total. The summed E-state index contributed by atoms with van der Waals surface area (Å²) in [5, 5.41) is 3.17. The van der Waals surface area contributed by atoms with Gasteiger partial charge >= 0.3 is 0 Å². The molecule has 0 unspecified atom stereocenters. The highest BCUT2D eigenvalue weighted by Gasteiger charge is 2.35. The fraction of sp³-hybridized carbons (Fsp3) is 0.600. The van der Waals surface area contributed by atoms with Gasteiger partial charge in [0.15, 0.2) is 0 Å². The molecule has 0 spiro atoms. The maximum Gasteiger partial charge on any atom is 0.243 e. The first-order chi connectivity index (χ1) is 9.61. The summed E-state index contributed by atoms with van der Waals surface area (Å²) in [6.45, 7) is 6.23. The van der Waals surface area contributed by atoms with E-state index >= 15 is 0 Å². The number of hydrogen-bond acceptors (Lipinski definition) is 3. The zero-order valence-electron chi connectivity index (χ0n) is 13.0. The molecule has 2 rings (SSSR count). The van der Waals surface area contributed by atoms with Gasteiger partial charge < -0.3 is 5.32 Å². The molecule has 1 aromatic carbocycles. The summed E-state index contributed by atoms with van der Waals surface area (Å²) in [5.74, 6) is -0.389. The molecule has 0 bridgehead atoms. The SMILES string of the molecule is CN(C1CC1)S(=O)(=O)c1ccc(F)c(CNC(C)(C)C)c1. The standard InChI is InChI=1S/C15H23FN2O2S/c1-15(2,3)17-10-11-9-13(7-8-14(11)16)21(19,20)18(4)12-5-6-12/h7-9,12,17H,5-6,10H2,1-4H3. The second-order valence-corrected chi connectivity index (χ2v) is 8.61. The Morgan fingerprint density at radius 2 is 1.95 bits per heavy atom. The molecule has 118 valence electrons. The zero-order valence-corrected chi connectivity index (χ0v) is 13.8. The third-order valence-corrected chi connectivity index (χ3v) is 5.47. The van der Waals surface area contributed by atoms with Gasteiger partial charge in [0, 0.05) is 30.7 Å². The molecule has 1 aliphatic carbocycles. The topological polar surface area (TPSA) is 49.4 Å². The van der Waals surface area contributed by atoms with Crippen molar-refractivity contribution in [2.45, 2.75) is 56.6 Å². The van der Waals surface area contributed by atoms with Crippen LogP contribution in [-0.2, 0) is 16.6 Å². The van der Waals surface area contributed by atoms with E-state index in [-0.39, 0.29) is 22.3 Å². The summed E-state index contributed by atoms with van der Waals surface area (Å²) < 4.78 is 40.2. The van der Waals surface area contributed by atoms with E-state index in [1.807, 2.05) is 20.8 Å². The first-order valence-corrected chi connectivity index (χ1v) is 8.57. The van der Waals surface area contributed by atoms with Crippen molar-refractivity contribution >= 4 is 10.0 Å². The first kappa shape index (κ1) is 16.4. The van der Waals surface area contributed by atoms with Crippen LogP contribution >= 0.6 is 0 Å². The predicted octanol–water partition coefficient (Wildman–Crippen LogP) is 2.50. The minimum Gasteiger partial charge on any atom is -0.308 e. The summed E-state index contributed by atoms with van der Waals surface area (Å²) >= 11 is 0. The van der Waals surface area contributed by atoms with Gasteiger partial charge in [0.05, 0.1) is 4.90 Å². The van der Waals surface area contributed by atoms with Crippen molar-refractivity contribution in [3.63, 3.8) is 0 Å². The molecule has 1 fully saturated rings. The molecule has 6 heteroatoms. The van der Waals surface area contributed by atoms with E-state index in [1.54, 1.807) is 7.05 Å². The number of rotatable bonds is 5. The maximum atomic E-state index is 13.9. The molecule has 0 aliphatic heterocycles. The molecule has 1 aromatic rings. The average Bonchev–Trinajstić information content (AvgIpc) is 3.19. The Morgan fingerprint density at radius 1 is 1.33 bits per heavy atom. The molecule has 0 saturated heterocycles. The van der Waals surface area contributed by atoms with E-state index in [9.17, 15) is 12.8 Å². The Hall–Kier alpha value is -0.980. The van der Waals surface area contributed by atoms with Crippen LogP contribution < -0.4 is 5.32 Å². The minimum atomic E-state index is -3.53. The summed E-state index contributed by atoms with van der Waals surface area (Å²) in [4.78, 5) is 0.156. The number of halogens is 1. The number of nitrogens with one attached hydrogen (secondary N) is 1. The summed E-state index contributed by atoms with van der Waals surface area (Å²) in [5.41, 5.74) is 0.210. The third kappa shape index (κ3) is 4.02. The van der Waals surface area contributed by atoms with E-state index in [0.717, 1.165) is 12.8 Å². The Kier molecular flexibility index (Phi) is 4.42. The first-order valence-electron chi connectivity index (χ1n) is 7.13. The Balaban J connectivity index is 2.25. The van der Waals surface area contributed by atoms with Crippen molar-refractivity contribution < 1.29 is 12.8 Å². The van der Waals surface area contributed by atoms with Crippen LogP contribution in [0.15, 0.2) is 23.1 Å². The van der Waals surface area contributed by atoms with E-state index in [4.69, 9.17) is 0 Å². The molecule has 1 N–H and O–H groups in total. The third-order valence-electron chi connectivity index (χ3n) is 3.56. The molecule has 0 amide bonds. The normalized spacial score (nSPS) is 16.5. The van der Waals surface area contributed by atoms with Gasteiger partial charge in [0.25, 0.3) is 0 Å². The fourth-order valence-electron chi connectivity index (χ4n) is 2.01. The van der Waals surface area contributed by atoms with E-state index in [1.165, 1.54) is 22.5 Å². The summed E-state index contributed by atoms with van der Waals surface area (Å²) in [6.07, 6.45) is 1.80. The van der Waals surface area contributed by atoms with Gasteiger partial charge in [0.2, 0.25) is 10.0 Å². The van der Waals surface area contributed by atoms with Crippen LogP contribution in [-0.4, -0.2) is 31.4 Å². The highest BCUT2D eigenvalue weighted by molar-refractivity contribution is 7.89. The average molecular weight is 314 g/mol. The quantitative estimate of drug-likeness (QED) is 0.908. The van der Waals surface area contributed by atoms with Gasteiger partial charge in [-0.25, -0.2) is 12.8 Å². The Labute approximate surface area is 126 Å². The number of sulfonamides is 1. The lowest BCUT2D eigenvalue weighted by molar-refractivity contribution is 0.418. The van der Waals surface area contributed by atoms with Crippen molar-refractivity contribution in [3.05, 3.63) is 29.6 Å². The molecule has 21 heavy (non-hydrogen) atoms. The molecular weight excluding hydrogens is 291 g/mol. The lowest BCUT2D eigenvalue weighted by atomic mass is 10.1. The van der Waals surface area contributed by atoms with E-state index < -0.39 is 10.0 Å². The number of hydrogen-bond donors (Lipinski definition) is 1. The molecule has 1 aliphatic rings. The molecule has 0 aromatic heterocycles. The van der Waals surface area contributed by atoms with Crippen molar-refractivity contribution in [1.29, 1.82) is 0 Å². The monoisotopic (exact) mass is 314 g/mol. The molecular formula is C15H23FN2O2S. The maximum absolute atomic E-state index is 13.9. The number of nitrogens with zero attached hydrogens (tertiary/aromatic N) is 1. The van der Waals surface area contributed by atoms with Crippen LogP contribution in [0.25, 0.3) is 0 Å². The molecule has 0 heterocycles. The van der Waals surface area contributed by atoms with Crippen LogP contribution in [0.3, 0.4) is 0 Å². The van der Waals surface area contributed by atoms with E-state index in [0.29, 0.717) is 12.1 Å². The van der Waals surface area contributed by atoms with Gasteiger partial charge in [-0.05, 0) is 51.8 Å². The number of benzene rings is 1. The smallest absolute Gasteiger partial charge is 0.243 e. The van der Waals surface area contributed by atoms with Crippen LogP contribution in [0.1, 0.15) is 39.2 Å². The van der Waals surface area contributed by atoms with Crippen molar-refractivity contribution in [3.8, 4) is 0 Å². The van der Waals surface area contributed by atoms with Crippen LogP contribution in [0, 0.1) is 5.82 Å². The predicted molar refractivity (Wildman–Crippen MR) is 81.0 cm³/mol. The van der Waals surface area contributed by atoms with Crippen molar-refractivity contribution in [2.75, 3.05) is 7.05 Å². The fourth-order valence-corrected chi connectivity index (χ4v) is 3.48. The largest absolute Gasteiger partial charge is 0.308 e. The highest BCUT2D eigenvalue weighted by atomic mass is 32.2. The van der Waals surface area contributed by atoms with Crippen LogP contribution in [0.5, 0.6) is 0 Å². The van der Waals surface area contributed by atoms with Gasteiger partial charge in [0.1, 0.15) is 5.82 Å². The van der Waals surface area contributed by atoms with E-state index in [2.05, 4.69) is 5.32 Å². The molecule has 0 radical (unpaired) electrons.